The maximum Gasteiger partial charge on any atom is 0.265 e. The molecule has 116 valence electrons. The standard InChI is InChI=1S/C17H18BrNO3/c1-3-16(22-15-9-5-8-14(11-15)21-2)17(20)19-13-7-4-6-12(18)10-13/h4-11,16H,3H2,1-2H3,(H,19,20)/t16-/m0/s1. The Balaban J connectivity index is 2.05. The summed E-state index contributed by atoms with van der Waals surface area (Å²) in [6, 6.07) is 14.7. The summed E-state index contributed by atoms with van der Waals surface area (Å²) in [6.07, 6.45) is 0.00271. The van der Waals surface area contributed by atoms with Crippen LogP contribution >= 0.6 is 15.9 Å². The van der Waals surface area contributed by atoms with Crippen LogP contribution in [0.4, 0.5) is 5.69 Å². The molecule has 2 aromatic rings. The second kappa shape index (κ2) is 7.84. The van der Waals surface area contributed by atoms with Gasteiger partial charge in [0.2, 0.25) is 0 Å². The van der Waals surface area contributed by atoms with Crippen molar-refractivity contribution in [3.63, 3.8) is 0 Å². The largest absolute Gasteiger partial charge is 0.497 e. The molecular weight excluding hydrogens is 346 g/mol. The highest BCUT2D eigenvalue weighted by atomic mass is 79.9. The summed E-state index contributed by atoms with van der Waals surface area (Å²) in [7, 11) is 1.59. The van der Waals surface area contributed by atoms with Gasteiger partial charge in [0.05, 0.1) is 7.11 Å². The molecule has 22 heavy (non-hydrogen) atoms. The van der Waals surface area contributed by atoms with Gasteiger partial charge in [0.25, 0.3) is 5.91 Å². The van der Waals surface area contributed by atoms with Crippen molar-refractivity contribution in [2.45, 2.75) is 19.4 Å². The van der Waals surface area contributed by atoms with Crippen LogP contribution in [-0.4, -0.2) is 19.1 Å². The molecule has 0 aliphatic carbocycles. The molecule has 2 aromatic carbocycles. The normalized spacial score (nSPS) is 11.6. The van der Waals surface area contributed by atoms with Gasteiger partial charge in [-0.05, 0) is 36.8 Å². The fourth-order valence-electron chi connectivity index (χ4n) is 1.95. The first kappa shape index (κ1) is 16.4. The van der Waals surface area contributed by atoms with Gasteiger partial charge >= 0.3 is 0 Å². The maximum atomic E-state index is 12.3. The van der Waals surface area contributed by atoms with Gasteiger partial charge in [-0.1, -0.05) is 35.0 Å². The zero-order valence-corrected chi connectivity index (χ0v) is 14.1. The van der Waals surface area contributed by atoms with E-state index in [1.165, 1.54) is 0 Å². The van der Waals surface area contributed by atoms with Gasteiger partial charge in [-0.15, -0.1) is 0 Å². The smallest absolute Gasteiger partial charge is 0.265 e. The number of amides is 1. The Morgan fingerprint density at radius 2 is 1.91 bits per heavy atom. The Labute approximate surface area is 138 Å². The van der Waals surface area contributed by atoms with Crippen molar-refractivity contribution in [2.24, 2.45) is 0 Å². The van der Waals surface area contributed by atoms with Gasteiger partial charge in [0.1, 0.15) is 11.5 Å². The van der Waals surface area contributed by atoms with Crippen molar-refractivity contribution < 1.29 is 14.3 Å². The Kier molecular flexibility index (Phi) is 5.83. The first-order chi connectivity index (χ1) is 10.6. The molecule has 0 aromatic heterocycles. The molecule has 0 radical (unpaired) electrons. The van der Waals surface area contributed by atoms with Gasteiger partial charge in [-0.3, -0.25) is 4.79 Å². The molecule has 1 N–H and O–H groups in total. The molecule has 0 aliphatic heterocycles. The number of benzene rings is 2. The number of ether oxygens (including phenoxy) is 2. The minimum Gasteiger partial charge on any atom is -0.497 e. The van der Waals surface area contributed by atoms with Crippen molar-refractivity contribution in [1.82, 2.24) is 0 Å². The van der Waals surface area contributed by atoms with Crippen LogP contribution in [0.3, 0.4) is 0 Å². The van der Waals surface area contributed by atoms with Crippen molar-refractivity contribution in [1.29, 1.82) is 0 Å². The van der Waals surface area contributed by atoms with Crippen LogP contribution in [0.1, 0.15) is 13.3 Å². The average Bonchev–Trinajstić information content (AvgIpc) is 2.52. The molecule has 0 bridgehead atoms. The van der Waals surface area contributed by atoms with E-state index in [4.69, 9.17) is 9.47 Å². The highest BCUT2D eigenvalue weighted by Crippen LogP contribution is 2.21. The second-order valence-corrected chi connectivity index (χ2v) is 5.61. The van der Waals surface area contributed by atoms with Crippen LogP contribution in [0.2, 0.25) is 0 Å². The van der Waals surface area contributed by atoms with Gasteiger partial charge in [-0.2, -0.15) is 0 Å². The van der Waals surface area contributed by atoms with Crippen LogP contribution in [0.15, 0.2) is 53.0 Å². The highest BCUT2D eigenvalue weighted by Gasteiger charge is 2.18. The van der Waals surface area contributed by atoms with Crippen molar-refractivity contribution in [2.75, 3.05) is 12.4 Å². The lowest BCUT2D eigenvalue weighted by atomic mass is 10.2. The lowest BCUT2D eigenvalue weighted by Gasteiger charge is -2.17. The zero-order valence-electron chi connectivity index (χ0n) is 12.5. The summed E-state index contributed by atoms with van der Waals surface area (Å²) >= 11 is 3.38. The number of nitrogens with one attached hydrogen (secondary N) is 1. The average molecular weight is 364 g/mol. The predicted octanol–water partition coefficient (Wildman–Crippen LogP) is 4.25. The van der Waals surface area contributed by atoms with Crippen LogP contribution in [-0.2, 0) is 4.79 Å². The number of rotatable bonds is 6. The van der Waals surface area contributed by atoms with Crippen LogP contribution < -0.4 is 14.8 Å². The first-order valence-corrected chi connectivity index (χ1v) is 7.79. The molecular formula is C17H18BrNO3. The lowest BCUT2D eigenvalue weighted by Crippen LogP contribution is -2.32. The van der Waals surface area contributed by atoms with E-state index in [-0.39, 0.29) is 5.91 Å². The summed E-state index contributed by atoms with van der Waals surface area (Å²) in [5.41, 5.74) is 0.729. The minimum atomic E-state index is -0.564. The Morgan fingerprint density at radius 3 is 2.59 bits per heavy atom. The molecule has 0 saturated heterocycles. The van der Waals surface area contributed by atoms with Gasteiger partial charge in [0.15, 0.2) is 6.10 Å². The van der Waals surface area contributed by atoms with Gasteiger partial charge in [0, 0.05) is 16.2 Å². The third-order valence-corrected chi connectivity index (χ3v) is 3.57. The van der Waals surface area contributed by atoms with Crippen LogP contribution in [0.25, 0.3) is 0 Å². The summed E-state index contributed by atoms with van der Waals surface area (Å²) < 4.78 is 11.8. The molecule has 0 aliphatic rings. The van der Waals surface area contributed by atoms with Crippen molar-refractivity contribution in [3.05, 3.63) is 53.0 Å². The Hall–Kier alpha value is -2.01. The third-order valence-electron chi connectivity index (χ3n) is 3.07. The summed E-state index contributed by atoms with van der Waals surface area (Å²) in [5.74, 6) is 1.12. The van der Waals surface area contributed by atoms with Crippen LogP contribution in [0, 0.1) is 0 Å². The molecule has 5 heteroatoms. The zero-order chi connectivity index (χ0) is 15.9. The van der Waals surface area contributed by atoms with E-state index in [1.807, 2.05) is 43.3 Å². The maximum absolute atomic E-state index is 12.3. The minimum absolute atomic E-state index is 0.177. The number of carbonyl (C=O) groups excluding carboxylic acids is 1. The van der Waals surface area contributed by atoms with E-state index in [0.29, 0.717) is 17.9 Å². The number of halogens is 1. The Morgan fingerprint density at radius 1 is 1.18 bits per heavy atom. The second-order valence-electron chi connectivity index (χ2n) is 4.69. The molecule has 4 nitrogen and oxygen atoms in total. The summed E-state index contributed by atoms with van der Waals surface area (Å²) in [6.45, 7) is 1.91. The molecule has 0 spiro atoms. The van der Waals surface area contributed by atoms with Crippen molar-refractivity contribution in [3.8, 4) is 11.5 Å². The summed E-state index contributed by atoms with van der Waals surface area (Å²) in [4.78, 5) is 12.3. The van der Waals surface area contributed by atoms with Gasteiger partial charge < -0.3 is 14.8 Å². The molecule has 0 fully saturated rings. The SMILES string of the molecule is CC[C@H](Oc1cccc(OC)c1)C(=O)Nc1cccc(Br)c1. The van der Waals surface area contributed by atoms with Crippen molar-refractivity contribution >= 4 is 27.5 Å². The van der Waals surface area contributed by atoms with Crippen LogP contribution in [0.5, 0.6) is 11.5 Å². The van der Waals surface area contributed by atoms with Gasteiger partial charge in [-0.25, -0.2) is 0 Å². The monoisotopic (exact) mass is 363 g/mol. The van der Waals surface area contributed by atoms with E-state index >= 15 is 0 Å². The molecule has 1 amide bonds. The Bertz CT molecular complexity index is 645. The van der Waals surface area contributed by atoms with E-state index < -0.39 is 6.10 Å². The third kappa shape index (κ3) is 4.49. The molecule has 0 heterocycles. The molecule has 0 unspecified atom stereocenters. The highest BCUT2D eigenvalue weighted by molar-refractivity contribution is 9.10. The molecule has 2 rings (SSSR count). The molecule has 0 saturated carbocycles. The van der Waals surface area contributed by atoms with E-state index in [1.54, 1.807) is 19.2 Å². The summed E-state index contributed by atoms with van der Waals surface area (Å²) in [5, 5.41) is 2.86. The molecule has 1 atom stereocenters. The predicted molar refractivity (Wildman–Crippen MR) is 90.5 cm³/mol. The number of hydrogen-bond acceptors (Lipinski definition) is 3. The topological polar surface area (TPSA) is 47.6 Å². The number of methoxy groups -OCH3 is 1. The fraction of sp³-hybridized carbons (Fsp3) is 0.235. The number of anilines is 1. The number of hydrogen-bond donors (Lipinski definition) is 1. The van der Waals surface area contributed by atoms with E-state index in [9.17, 15) is 4.79 Å². The quantitative estimate of drug-likeness (QED) is 0.834. The van der Waals surface area contributed by atoms with E-state index in [0.717, 1.165) is 10.2 Å². The number of carbonyl (C=O) groups is 1. The van der Waals surface area contributed by atoms with E-state index in [2.05, 4.69) is 21.2 Å². The first-order valence-electron chi connectivity index (χ1n) is 6.99. The fourth-order valence-corrected chi connectivity index (χ4v) is 2.35. The lowest BCUT2D eigenvalue weighted by molar-refractivity contribution is -0.122.